The minimum atomic E-state index is -1.39. The van der Waals surface area contributed by atoms with Crippen LogP contribution in [0.1, 0.15) is 26.2 Å². The number of ether oxygens (including phenoxy) is 2. The number of carbonyl (C=O) groups excluding carboxylic acids is 1. The molecular weight excluding hydrogens is 262 g/mol. The summed E-state index contributed by atoms with van der Waals surface area (Å²) in [6.07, 6.45) is 3.00. The summed E-state index contributed by atoms with van der Waals surface area (Å²) in [6, 6.07) is -0.0743. The van der Waals surface area contributed by atoms with Gasteiger partial charge >= 0.3 is 6.16 Å². The number of hydrogen-bond acceptors (Lipinski definition) is 4. The molecule has 0 bridgehead atoms. The maximum atomic E-state index is 12.1. The molecule has 0 aromatic heterocycles. The topological polar surface area (TPSA) is 76.1 Å². The van der Waals surface area contributed by atoms with Crippen LogP contribution in [-0.2, 0) is 14.3 Å². The van der Waals surface area contributed by atoms with Gasteiger partial charge in [0, 0.05) is 24.2 Å². The molecule has 6 nitrogen and oxygen atoms in total. The van der Waals surface area contributed by atoms with Crippen LogP contribution in [0.3, 0.4) is 0 Å². The zero-order chi connectivity index (χ0) is 14.4. The number of carbonyl (C=O) groups is 2. The first-order chi connectivity index (χ1) is 9.60. The largest absolute Gasteiger partial charge is 0.512 e. The molecule has 3 rings (SSSR count). The second-order valence-corrected chi connectivity index (χ2v) is 5.25. The monoisotopic (exact) mass is 279 g/mol. The van der Waals surface area contributed by atoms with E-state index >= 15 is 0 Å². The van der Waals surface area contributed by atoms with Crippen molar-refractivity contribution >= 4 is 12.1 Å². The number of amides is 1. The third-order valence-corrected chi connectivity index (χ3v) is 4.42. The molecule has 20 heavy (non-hydrogen) atoms. The van der Waals surface area contributed by atoms with Crippen molar-refractivity contribution in [2.45, 2.75) is 38.3 Å². The molecular formula is C14H17NO5. The lowest BCUT2D eigenvalue weighted by Crippen LogP contribution is -2.54. The van der Waals surface area contributed by atoms with Crippen molar-refractivity contribution in [2.24, 2.45) is 5.92 Å². The van der Waals surface area contributed by atoms with E-state index in [0.717, 1.165) is 30.4 Å². The highest BCUT2D eigenvalue weighted by molar-refractivity contribution is 6.04. The Morgan fingerprint density at radius 1 is 1.45 bits per heavy atom. The van der Waals surface area contributed by atoms with Gasteiger partial charge in [0.25, 0.3) is 5.91 Å². The van der Waals surface area contributed by atoms with E-state index in [1.165, 1.54) is 4.90 Å². The molecule has 3 atom stereocenters. The van der Waals surface area contributed by atoms with Gasteiger partial charge in [-0.25, -0.2) is 4.79 Å². The highest BCUT2D eigenvalue weighted by Gasteiger charge is 2.58. The van der Waals surface area contributed by atoms with E-state index in [4.69, 9.17) is 14.6 Å². The van der Waals surface area contributed by atoms with Gasteiger partial charge in [-0.1, -0.05) is 6.08 Å². The van der Waals surface area contributed by atoms with Crippen LogP contribution in [0.2, 0.25) is 0 Å². The summed E-state index contributed by atoms with van der Waals surface area (Å²) in [5.74, 6) is 0.132. The SMILES string of the molecule is C/C=C1/C(=O)N2C(OC(=O)O)=C3C(OC)CCCC3[C@H]12. The Kier molecular flexibility index (Phi) is 3.05. The summed E-state index contributed by atoms with van der Waals surface area (Å²) in [5, 5.41) is 8.91. The number of fused-ring (bicyclic) bond motifs is 3. The van der Waals surface area contributed by atoms with Crippen molar-refractivity contribution in [1.82, 2.24) is 4.90 Å². The number of allylic oxidation sites excluding steroid dienone is 1. The van der Waals surface area contributed by atoms with Crippen molar-refractivity contribution < 1.29 is 24.2 Å². The third kappa shape index (κ3) is 1.61. The Labute approximate surface area is 116 Å². The lowest BCUT2D eigenvalue weighted by molar-refractivity contribution is -0.136. The molecule has 1 amide bonds. The molecule has 2 heterocycles. The van der Waals surface area contributed by atoms with Crippen molar-refractivity contribution in [2.75, 3.05) is 7.11 Å². The van der Waals surface area contributed by atoms with Crippen molar-refractivity contribution in [1.29, 1.82) is 0 Å². The smallest absolute Gasteiger partial charge is 0.449 e. The Morgan fingerprint density at radius 3 is 2.80 bits per heavy atom. The molecule has 1 N–H and O–H groups in total. The van der Waals surface area contributed by atoms with Gasteiger partial charge in [0.05, 0.1) is 12.1 Å². The fourth-order valence-corrected chi connectivity index (χ4v) is 3.65. The Balaban J connectivity index is 2.04. The van der Waals surface area contributed by atoms with Crippen molar-refractivity contribution in [3.63, 3.8) is 0 Å². The van der Waals surface area contributed by atoms with Crippen LogP contribution in [0.4, 0.5) is 4.79 Å². The number of carboxylic acid groups (broad SMARTS) is 1. The van der Waals surface area contributed by atoms with Gasteiger partial charge in [-0.3, -0.25) is 9.69 Å². The molecule has 0 spiro atoms. The molecule has 1 saturated heterocycles. The highest BCUT2D eigenvalue weighted by atomic mass is 16.7. The number of nitrogens with zero attached hydrogens (tertiary/aromatic N) is 1. The summed E-state index contributed by atoms with van der Waals surface area (Å²) < 4.78 is 10.4. The summed E-state index contributed by atoms with van der Waals surface area (Å²) in [7, 11) is 1.60. The van der Waals surface area contributed by atoms with Crippen LogP contribution in [-0.4, -0.2) is 41.3 Å². The average molecular weight is 279 g/mol. The summed E-state index contributed by atoms with van der Waals surface area (Å²) in [4.78, 5) is 24.5. The third-order valence-electron chi connectivity index (χ3n) is 4.42. The molecule has 0 radical (unpaired) electrons. The van der Waals surface area contributed by atoms with E-state index in [9.17, 15) is 9.59 Å². The molecule has 2 fully saturated rings. The second-order valence-electron chi connectivity index (χ2n) is 5.25. The molecule has 2 unspecified atom stereocenters. The number of β-lactam (4-membered cyclic amide) rings is 1. The fraction of sp³-hybridized carbons (Fsp3) is 0.571. The number of rotatable bonds is 2. The molecule has 1 aliphatic carbocycles. The summed E-state index contributed by atoms with van der Waals surface area (Å²) in [6.45, 7) is 1.83. The van der Waals surface area contributed by atoms with E-state index in [0.29, 0.717) is 0 Å². The molecule has 0 aromatic carbocycles. The summed E-state index contributed by atoms with van der Waals surface area (Å²) in [5.41, 5.74) is 1.57. The predicted octanol–water partition coefficient (Wildman–Crippen LogP) is 1.88. The lowest BCUT2D eigenvalue weighted by Gasteiger charge is -2.41. The van der Waals surface area contributed by atoms with Crippen molar-refractivity contribution in [3.05, 3.63) is 23.1 Å². The van der Waals surface area contributed by atoms with E-state index in [2.05, 4.69) is 0 Å². The molecule has 2 aliphatic heterocycles. The quantitative estimate of drug-likeness (QED) is 0.474. The van der Waals surface area contributed by atoms with E-state index in [1.54, 1.807) is 13.2 Å². The van der Waals surface area contributed by atoms with Crippen LogP contribution in [0.5, 0.6) is 0 Å². The van der Waals surface area contributed by atoms with E-state index in [1.807, 2.05) is 6.92 Å². The first-order valence-corrected chi connectivity index (χ1v) is 6.77. The number of hydrogen-bond donors (Lipinski definition) is 1. The van der Waals surface area contributed by atoms with Gasteiger partial charge in [0.1, 0.15) is 0 Å². The Morgan fingerprint density at radius 2 is 2.20 bits per heavy atom. The van der Waals surface area contributed by atoms with E-state index in [-0.39, 0.29) is 29.9 Å². The van der Waals surface area contributed by atoms with Gasteiger partial charge in [-0.15, -0.1) is 0 Å². The predicted molar refractivity (Wildman–Crippen MR) is 68.7 cm³/mol. The van der Waals surface area contributed by atoms with Crippen molar-refractivity contribution in [3.8, 4) is 0 Å². The van der Waals surface area contributed by atoms with Crippen LogP contribution >= 0.6 is 0 Å². The zero-order valence-electron chi connectivity index (χ0n) is 11.5. The molecule has 1 saturated carbocycles. The molecule has 0 aromatic rings. The number of methoxy groups -OCH3 is 1. The average Bonchev–Trinajstić information content (AvgIpc) is 2.69. The molecule has 6 heteroatoms. The van der Waals surface area contributed by atoms with Gasteiger partial charge in [-0.05, 0) is 26.2 Å². The highest BCUT2D eigenvalue weighted by Crippen LogP contribution is 2.51. The summed E-state index contributed by atoms with van der Waals surface area (Å²) >= 11 is 0. The van der Waals surface area contributed by atoms with E-state index < -0.39 is 6.16 Å². The van der Waals surface area contributed by atoms with Gasteiger partial charge in [0.15, 0.2) is 0 Å². The van der Waals surface area contributed by atoms with Crippen LogP contribution in [0.25, 0.3) is 0 Å². The minimum Gasteiger partial charge on any atom is -0.449 e. The maximum Gasteiger partial charge on any atom is 0.512 e. The van der Waals surface area contributed by atoms with Gasteiger partial charge < -0.3 is 14.6 Å². The first-order valence-electron chi connectivity index (χ1n) is 6.77. The Bertz CT molecular complexity index is 536. The normalized spacial score (nSPS) is 33.9. The second kappa shape index (κ2) is 4.63. The van der Waals surface area contributed by atoms with Gasteiger partial charge in [-0.2, -0.15) is 0 Å². The van der Waals surface area contributed by atoms with Crippen LogP contribution in [0.15, 0.2) is 23.1 Å². The van der Waals surface area contributed by atoms with Crippen LogP contribution in [0, 0.1) is 5.92 Å². The lowest BCUT2D eigenvalue weighted by atomic mass is 9.76. The zero-order valence-corrected chi connectivity index (χ0v) is 11.5. The molecule has 3 aliphatic rings. The molecule has 108 valence electrons. The van der Waals surface area contributed by atoms with Gasteiger partial charge in [0.2, 0.25) is 5.88 Å². The maximum absolute atomic E-state index is 12.1. The Hall–Kier alpha value is -1.82. The van der Waals surface area contributed by atoms with Crippen LogP contribution < -0.4 is 0 Å². The standard InChI is InChI=1S/C14H17NO5/c1-3-7-11-8-5-4-6-9(19-2)10(8)13(20-14(17)18)15(11)12(7)16/h3,8-9,11H,4-6H2,1-2H3,(H,17,18)/b7-3+/t8?,9?,11-/m0/s1. The first kappa shape index (κ1) is 13.2. The fourth-order valence-electron chi connectivity index (χ4n) is 3.65. The minimum absolute atomic E-state index is 0.0743.